The molecule has 0 heterocycles. The van der Waals surface area contributed by atoms with E-state index >= 15 is 0 Å². The van der Waals surface area contributed by atoms with Crippen LogP contribution in [0.25, 0.3) is 46.6 Å². The summed E-state index contributed by atoms with van der Waals surface area (Å²) in [6.07, 6.45) is 12.2. The molecule has 0 aromatic heterocycles. The molecule has 0 N–H and O–H groups in total. The third kappa shape index (κ3) is 5.98. The first-order chi connectivity index (χ1) is 19.4. The fraction of sp³-hybridized carbons (Fsp3) is 0.154. The molecule has 0 spiro atoms. The molecule has 0 aliphatic carbocycles. The molecule has 0 aliphatic rings. The van der Waals surface area contributed by atoms with Gasteiger partial charge in [-0.05, 0) is 99.8 Å². The van der Waals surface area contributed by atoms with E-state index in [0.717, 1.165) is 40.0 Å². The van der Waals surface area contributed by atoms with Crippen molar-refractivity contribution in [3.63, 3.8) is 0 Å². The smallest absolute Gasteiger partial charge is 0.0998 e. The topological polar surface area (TPSA) is 23.8 Å². The molecule has 4 rings (SSSR count). The van der Waals surface area contributed by atoms with Crippen molar-refractivity contribution in [3.8, 4) is 28.3 Å². The van der Waals surface area contributed by atoms with Gasteiger partial charge >= 0.3 is 0 Å². The Morgan fingerprint density at radius 2 is 1.70 bits per heavy atom. The molecule has 0 amide bonds. The molecular formula is C39H37N. The van der Waals surface area contributed by atoms with E-state index in [1.165, 1.54) is 39.0 Å². The van der Waals surface area contributed by atoms with E-state index in [2.05, 4.69) is 120 Å². The number of hydrogen-bond acceptors (Lipinski definition) is 1. The molecule has 0 unspecified atom stereocenters. The van der Waals surface area contributed by atoms with Gasteiger partial charge in [-0.25, -0.2) is 0 Å². The van der Waals surface area contributed by atoms with Crippen molar-refractivity contribution in [1.82, 2.24) is 0 Å². The average molecular weight is 520 g/mol. The first-order valence-corrected chi connectivity index (χ1v) is 13.9. The zero-order valence-corrected chi connectivity index (χ0v) is 24.1. The van der Waals surface area contributed by atoms with Gasteiger partial charge in [0, 0.05) is 5.56 Å². The minimum Gasteiger partial charge on any atom is -0.192 e. The molecule has 1 nitrogen and oxygen atoms in total. The summed E-state index contributed by atoms with van der Waals surface area (Å²) in [5.74, 6) is 0. The Hall–Kier alpha value is -4.67. The number of rotatable bonds is 8. The van der Waals surface area contributed by atoms with E-state index in [0.29, 0.717) is 5.56 Å². The molecule has 0 fully saturated rings. The Balaban J connectivity index is 1.86. The third-order valence-corrected chi connectivity index (χ3v) is 7.57. The van der Waals surface area contributed by atoms with Crippen LogP contribution in [0.1, 0.15) is 53.6 Å². The Labute approximate surface area is 239 Å². The molecule has 0 atom stereocenters. The van der Waals surface area contributed by atoms with Gasteiger partial charge in [0.05, 0.1) is 11.6 Å². The van der Waals surface area contributed by atoms with Crippen LogP contribution in [0.2, 0.25) is 0 Å². The lowest BCUT2D eigenvalue weighted by Gasteiger charge is -2.19. The lowest BCUT2D eigenvalue weighted by atomic mass is 9.85. The molecule has 0 bridgehead atoms. The quantitative estimate of drug-likeness (QED) is 0.213. The summed E-state index contributed by atoms with van der Waals surface area (Å²) in [6.45, 7) is 16.8. The minimum absolute atomic E-state index is 0.693. The lowest BCUT2D eigenvalue weighted by molar-refractivity contribution is 0.923. The highest BCUT2D eigenvalue weighted by Crippen LogP contribution is 2.39. The van der Waals surface area contributed by atoms with Crippen molar-refractivity contribution in [2.75, 3.05) is 0 Å². The highest BCUT2D eigenvalue weighted by molar-refractivity contribution is 5.90. The van der Waals surface area contributed by atoms with E-state index in [9.17, 15) is 5.26 Å². The van der Waals surface area contributed by atoms with Gasteiger partial charge < -0.3 is 0 Å². The molecule has 1 heteroatoms. The summed E-state index contributed by atoms with van der Waals surface area (Å²) in [5, 5.41) is 12.0. The van der Waals surface area contributed by atoms with Gasteiger partial charge in [0.25, 0.3) is 0 Å². The average Bonchev–Trinajstić information content (AvgIpc) is 2.97. The Kier molecular flexibility index (Phi) is 9.15. The Morgan fingerprint density at radius 1 is 0.925 bits per heavy atom. The fourth-order valence-corrected chi connectivity index (χ4v) is 5.22. The minimum atomic E-state index is 0.693. The van der Waals surface area contributed by atoms with E-state index in [1.54, 1.807) is 6.08 Å². The molecule has 0 radical (unpaired) electrons. The zero-order chi connectivity index (χ0) is 28.6. The molecule has 0 saturated carbocycles. The molecule has 198 valence electrons. The van der Waals surface area contributed by atoms with Crippen LogP contribution in [0.3, 0.4) is 0 Å². The summed E-state index contributed by atoms with van der Waals surface area (Å²) in [5.41, 5.74) is 12.4. The molecule has 40 heavy (non-hydrogen) atoms. The maximum Gasteiger partial charge on any atom is 0.0998 e. The summed E-state index contributed by atoms with van der Waals surface area (Å²) in [7, 11) is 0. The third-order valence-electron chi connectivity index (χ3n) is 7.57. The SMILES string of the molecule is C=C/C=C\c1cc/c(=C/C=C(\C)c2ccc(CCC)c(-c3c(C)cccc3-c3ccccc3C#N)c2)c(=C)c1C. The second-order valence-corrected chi connectivity index (χ2v) is 10.2. The predicted octanol–water partition coefficient (Wildman–Crippen LogP) is 8.96. The summed E-state index contributed by atoms with van der Waals surface area (Å²) >= 11 is 0. The number of benzene rings is 4. The van der Waals surface area contributed by atoms with Gasteiger partial charge in [-0.1, -0.05) is 118 Å². The van der Waals surface area contributed by atoms with E-state index in [-0.39, 0.29) is 0 Å². The first-order valence-electron chi connectivity index (χ1n) is 13.9. The van der Waals surface area contributed by atoms with Gasteiger partial charge in [0.1, 0.15) is 0 Å². The number of aryl methyl sites for hydroxylation is 2. The lowest BCUT2D eigenvalue weighted by Crippen LogP contribution is -2.26. The highest BCUT2D eigenvalue weighted by Gasteiger charge is 2.16. The number of allylic oxidation sites excluding steroid dienone is 4. The highest BCUT2D eigenvalue weighted by atomic mass is 14.3. The Morgan fingerprint density at radius 3 is 2.45 bits per heavy atom. The standard InChI is InChI=1S/C39H37N/c1-7-9-15-31-21-22-32(30(6)29(31)5)20-19-27(3)34-24-23-33(13-8-2)38(25-34)39-28(4)14-12-18-37(39)36-17-11-10-16-35(36)26-40/h7,9-12,14-25H,1,6,8,13H2,2-5H3/b15-9-,27-19+,32-20-. The van der Waals surface area contributed by atoms with Gasteiger partial charge in [0.2, 0.25) is 0 Å². The normalized spacial score (nSPS) is 12.1. The molecule has 4 aromatic carbocycles. The number of nitriles is 1. The summed E-state index contributed by atoms with van der Waals surface area (Å²) in [4.78, 5) is 0. The van der Waals surface area contributed by atoms with Gasteiger partial charge in [-0.15, -0.1) is 0 Å². The number of nitrogens with zero attached hydrogens (tertiary/aromatic N) is 1. The molecule has 0 aliphatic heterocycles. The van der Waals surface area contributed by atoms with Crippen molar-refractivity contribution < 1.29 is 0 Å². The molecular weight excluding hydrogens is 482 g/mol. The van der Waals surface area contributed by atoms with Crippen LogP contribution in [0.15, 0.2) is 97.6 Å². The second kappa shape index (κ2) is 12.9. The van der Waals surface area contributed by atoms with Crippen LogP contribution in [-0.4, -0.2) is 0 Å². The first kappa shape index (κ1) is 28.3. The summed E-state index contributed by atoms with van der Waals surface area (Å²) in [6, 6.07) is 27.8. The maximum atomic E-state index is 9.84. The van der Waals surface area contributed by atoms with Crippen molar-refractivity contribution >= 4 is 24.3 Å². The van der Waals surface area contributed by atoms with Crippen LogP contribution in [0.4, 0.5) is 0 Å². The predicted molar refractivity (Wildman–Crippen MR) is 174 cm³/mol. The number of hydrogen-bond donors (Lipinski definition) is 0. The zero-order valence-electron chi connectivity index (χ0n) is 24.1. The molecule has 0 saturated heterocycles. The van der Waals surface area contributed by atoms with Crippen molar-refractivity contribution in [3.05, 3.63) is 141 Å². The molecule has 4 aromatic rings. The van der Waals surface area contributed by atoms with E-state index in [4.69, 9.17) is 0 Å². The van der Waals surface area contributed by atoms with Crippen molar-refractivity contribution in [2.24, 2.45) is 0 Å². The van der Waals surface area contributed by atoms with Crippen molar-refractivity contribution in [1.29, 1.82) is 5.26 Å². The van der Waals surface area contributed by atoms with Crippen LogP contribution in [0.5, 0.6) is 0 Å². The van der Waals surface area contributed by atoms with E-state index < -0.39 is 0 Å². The monoisotopic (exact) mass is 519 g/mol. The van der Waals surface area contributed by atoms with Gasteiger partial charge in [-0.2, -0.15) is 5.26 Å². The van der Waals surface area contributed by atoms with E-state index in [1.807, 2.05) is 24.3 Å². The summed E-state index contributed by atoms with van der Waals surface area (Å²) < 4.78 is 0. The van der Waals surface area contributed by atoms with Crippen LogP contribution < -0.4 is 10.4 Å². The largest absolute Gasteiger partial charge is 0.192 e. The van der Waals surface area contributed by atoms with Crippen LogP contribution in [0, 0.1) is 25.2 Å². The van der Waals surface area contributed by atoms with Crippen LogP contribution >= 0.6 is 0 Å². The van der Waals surface area contributed by atoms with Crippen LogP contribution in [-0.2, 0) is 6.42 Å². The fourth-order valence-electron chi connectivity index (χ4n) is 5.22. The van der Waals surface area contributed by atoms with Gasteiger partial charge in [-0.3, -0.25) is 0 Å². The van der Waals surface area contributed by atoms with Crippen molar-refractivity contribution in [2.45, 2.75) is 40.5 Å². The van der Waals surface area contributed by atoms with Gasteiger partial charge in [0.15, 0.2) is 0 Å². The second-order valence-electron chi connectivity index (χ2n) is 10.2. The Bertz CT molecular complexity index is 1770. The maximum absolute atomic E-state index is 9.84.